The van der Waals surface area contributed by atoms with Gasteiger partial charge in [0.25, 0.3) is 0 Å². The molecule has 0 spiro atoms. The zero-order valence-corrected chi connectivity index (χ0v) is 15.4. The van der Waals surface area contributed by atoms with Gasteiger partial charge >= 0.3 is 0 Å². The van der Waals surface area contributed by atoms with Crippen molar-refractivity contribution in [3.63, 3.8) is 0 Å². The number of benzene rings is 2. The molecule has 2 aromatic rings. The van der Waals surface area contributed by atoms with Gasteiger partial charge in [-0.15, -0.1) is 0 Å². The lowest BCUT2D eigenvalue weighted by molar-refractivity contribution is -0.116. The fourth-order valence-corrected chi connectivity index (χ4v) is 3.78. The number of nitrogens with zero attached hydrogens (tertiary/aromatic N) is 1. The SMILES string of the molecule is C[C@@H](C(=O)Nc1cccc(Cl)c1)N(c1cccc(Cl)c1)S(C)(=O)=O. The summed E-state index contributed by atoms with van der Waals surface area (Å²) in [7, 11) is -3.69. The fraction of sp³-hybridized carbons (Fsp3) is 0.188. The molecule has 8 heteroatoms. The molecule has 0 saturated heterocycles. The van der Waals surface area contributed by atoms with Crippen LogP contribution in [0.5, 0.6) is 0 Å². The standard InChI is InChI=1S/C16H16Cl2N2O3S/c1-11(16(21)19-14-7-3-5-12(17)9-14)20(24(2,22)23)15-8-4-6-13(18)10-15/h3-11H,1-2H3,(H,19,21)/t11-/m0/s1. The molecule has 0 heterocycles. The number of carbonyl (C=O) groups excluding carboxylic acids is 1. The van der Waals surface area contributed by atoms with E-state index >= 15 is 0 Å². The second-order valence-corrected chi connectivity index (χ2v) is 7.95. The van der Waals surface area contributed by atoms with E-state index in [4.69, 9.17) is 23.2 Å². The van der Waals surface area contributed by atoms with Gasteiger partial charge in [0.15, 0.2) is 0 Å². The topological polar surface area (TPSA) is 66.5 Å². The molecule has 0 unspecified atom stereocenters. The fourth-order valence-electron chi connectivity index (χ4n) is 2.23. The molecular formula is C16H16Cl2N2O3S. The minimum atomic E-state index is -3.69. The summed E-state index contributed by atoms with van der Waals surface area (Å²) >= 11 is 11.8. The van der Waals surface area contributed by atoms with Crippen LogP contribution in [0.25, 0.3) is 0 Å². The summed E-state index contributed by atoms with van der Waals surface area (Å²) in [5.41, 5.74) is 0.803. The van der Waals surface area contributed by atoms with Gasteiger partial charge in [-0.3, -0.25) is 9.10 Å². The molecule has 5 nitrogen and oxygen atoms in total. The van der Waals surface area contributed by atoms with Crippen molar-refractivity contribution in [2.24, 2.45) is 0 Å². The molecule has 0 aliphatic heterocycles. The zero-order chi connectivity index (χ0) is 17.9. The van der Waals surface area contributed by atoms with E-state index in [1.165, 1.54) is 13.0 Å². The highest BCUT2D eigenvalue weighted by Gasteiger charge is 2.29. The van der Waals surface area contributed by atoms with Crippen molar-refractivity contribution in [2.75, 3.05) is 15.9 Å². The monoisotopic (exact) mass is 386 g/mol. The van der Waals surface area contributed by atoms with Crippen LogP contribution in [0, 0.1) is 0 Å². The first-order chi connectivity index (χ1) is 11.2. The van der Waals surface area contributed by atoms with E-state index in [1.807, 2.05) is 0 Å². The van der Waals surface area contributed by atoms with E-state index < -0.39 is 22.0 Å². The van der Waals surface area contributed by atoms with Crippen LogP contribution in [0.2, 0.25) is 10.0 Å². The molecule has 0 aromatic heterocycles. The van der Waals surface area contributed by atoms with Crippen molar-refractivity contribution in [1.82, 2.24) is 0 Å². The Kier molecular flexibility index (Phi) is 5.74. The normalized spacial score (nSPS) is 12.5. The Balaban J connectivity index is 2.31. The Morgan fingerprint density at radius 1 is 1.08 bits per heavy atom. The third-order valence-electron chi connectivity index (χ3n) is 3.24. The lowest BCUT2D eigenvalue weighted by Gasteiger charge is -2.28. The van der Waals surface area contributed by atoms with E-state index in [0.29, 0.717) is 21.4 Å². The van der Waals surface area contributed by atoms with Gasteiger partial charge in [0.1, 0.15) is 6.04 Å². The van der Waals surface area contributed by atoms with Gasteiger partial charge in [0, 0.05) is 15.7 Å². The minimum absolute atomic E-state index is 0.318. The lowest BCUT2D eigenvalue weighted by Crippen LogP contribution is -2.45. The Bertz CT molecular complexity index is 856. The number of amides is 1. The van der Waals surface area contributed by atoms with Crippen LogP contribution >= 0.6 is 23.2 Å². The number of halogens is 2. The molecule has 2 aromatic carbocycles. The van der Waals surface area contributed by atoms with Gasteiger partial charge < -0.3 is 5.32 Å². The number of carbonyl (C=O) groups is 1. The van der Waals surface area contributed by atoms with Crippen molar-refractivity contribution in [3.05, 3.63) is 58.6 Å². The molecule has 24 heavy (non-hydrogen) atoms. The predicted octanol–water partition coefficient (Wildman–Crippen LogP) is 3.79. The van der Waals surface area contributed by atoms with E-state index in [9.17, 15) is 13.2 Å². The smallest absolute Gasteiger partial charge is 0.247 e. The number of sulfonamides is 1. The van der Waals surface area contributed by atoms with Crippen molar-refractivity contribution in [3.8, 4) is 0 Å². The van der Waals surface area contributed by atoms with Gasteiger partial charge in [0.05, 0.1) is 11.9 Å². The lowest BCUT2D eigenvalue weighted by atomic mass is 10.2. The maximum Gasteiger partial charge on any atom is 0.247 e. The third-order valence-corrected chi connectivity index (χ3v) is 4.96. The Hall–Kier alpha value is -1.76. The van der Waals surface area contributed by atoms with Gasteiger partial charge in [-0.2, -0.15) is 0 Å². The van der Waals surface area contributed by atoms with Gasteiger partial charge in [-0.05, 0) is 43.3 Å². The molecule has 0 fully saturated rings. The molecule has 0 radical (unpaired) electrons. The average Bonchev–Trinajstić information content (AvgIpc) is 2.46. The Morgan fingerprint density at radius 2 is 1.67 bits per heavy atom. The minimum Gasteiger partial charge on any atom is -0.324 e. The molecule has 2 rings (SSSR count). The Labute approximate surface area is 151 Å². The van der Waals surface area contributed by atoms with Crippen LogP contribution in [0.15, 0.2) is 48.5 Å². The highest BCUT2D eigenvalue weighted by molar-refractivity contribution is 7.92. The predicted molar refractivity (Wildman–Crippen MR) is 98.3 cm³/mol. The van der Waals surface area contributed by atoms with E-state index in [0.717, 1.165) is 10.6 Å². The second-order valence-electron chi connectivity index (χ2n) is 5.21. The Morgan fingerprint density at radius 3 is 2.21 bits per heavy atom. The van der Waals surface area contributed by atoms with E-state index in [2.05, 4.69) is 5.32 Å². The summed E-state index contributed by atoms with van der Waals surface area (Å²) in [4.78, 5) is 12.5. The summed E-state index contributed by atoms with van der Waals surface area (Å²) in [6.45, 7) is 1.50. The number of hydrogen-bond donors (Lipinski definition) is 1. The molecule has 0 bridgehead atoms. The highest BCUT2D eigenvalue weighted by atomic mass is 35.5. The number of nitrogens with one attached hydrogen (secondary N) is 1. The van der Waals surface area contributed by atoms with Gasteiger partial charge in [-0.25, -0.2) is 8.42 Å². The maximum absolute atomic E-state index is 12.5. The largest absolute Gasteiger partial charge is 0.324 e. The molecule has 1 atom stereocenters. The number of anilines is 2. The van der Waals surface area contributed by atoms with E-state index in [1.54, 1.807) is 42.5 Å². The van der Waals surface area contributed by atoms with Crippen molar-refractivity contribution < 1.29 is 13.2 Å². The molecule has 0 aliphatic carbocycles. The van der Waals surface area contributed by atoms with Crippen LogP contribution in [-0.2, 0) is 14.8 Å². The summed E-state index contributed by atoms with van der Waals surface area (Å²) in [6, 6.07) is 12.0. The molecule has 1 amide bonds. The van der Waals surface area contributed by atoms with Crippen LogP contribution in [0.4, 0.5) is 11.4 Å². The van der Waals surface area contributed by atoms with Crippen LogP contribution in [-0.4, -0.2) is 26.6 Å². The summed E-state index contributed by atoms with van der Waals surface area (Å²) < 4.78 is 25.4. The molecule has 0 saturated carbocycles. The molecular weight excluding hydrogens is 371 g/mol. The first-order valence-electron chi connectivity index (χ1n) is 7.00. The van der Waals surface area contributed by atoms with Crippen molar-refractivity contribution in [2.45, 2.75) is 13.0 Å². The van der Waals surface area contributed by atoms with Crippen LogP contribution in [0.3, 0.4) is 0 Å². The van der Waals surface area contributed by atoms with Crippen molar-refractivity contribution in [1.29, 1.82) is 0 Å². The first kappa shape index (κ1) is 18.6. The van der Waals surface area contributed by atoms with Gasteiger partial charge in [0.2, 0.25) is 15.9 Å². The van der Waals surface area contributed by atoms with E-state index in [-0.39, 0.29) is 0 Å². The maximum atomic E-state index is 12.5. The summed E-state index contributed by atoms with van der Waals surface area (Å²) in [6.07, 6.45) is 1.04. The van der Waals surface area contributed by atoms with Crippen LogP contribution < -0.4 is 9.62 Å². The second kappa shape index (κ2) is 7.42. The van der Waals surface area contributed by atoms with Crippen LogP contribution in [0.1, 0.15) is 6.92 Å². The quantitative estimate of drug-likeness (QED) is 0.849. The average molecular weight is 387 g/mol. The third kappa shape index (κ3) is 4.63. The summed E-state index contributed by atoms with van der Waals surface area (Å²) in [5.74, 6) is -0.484. The van der Waals surface area contributed by atoms with Gasteiger partial charge in [-0.1, -0.05) is 35.3 Å². The first-order valence-corrected chi connectivity index (χ1v) is 9.60. The molecule has 128 valence electrons. The number of hydrogen-bond acceptors (Lipinski definition) is 3. The highest BCUT2D eigenvalue weighted by Crippen LogP contribution is 2.25. The zero-order valence-electron chi connectivity index (χ0n) is 13.0. The number of rotatable bonds is 5. The molecule has 1 N–H and O–H groups in total. The summed E-state index contributed by atoms with van der Waals surface area (Å²) in [5, 5.41) is 3.50. The molecule has 0 aliphatic rings. The van der Waals surface area contributed by atoms with Crippen molar-refractivity contribution >= 4 is 50.5 Å².